The van der Waals surface area contributed by atoms with Crippen molar-refractivity contribution in [2.45, 2.75) is 30.5 Å². The van der Waals surface area contributed by atoms with Crippen molar-refractivity contribution >= 4 is 51.9 Å². The fourth-order valence-electron chi connectivity index (χ4n) is 3.72. The first-order valence-electron chi connectivity index (χ1n) is 10.8. The molecule has 1 aliphatic rings. The molecule has 2 aromatic heterocycles. The van der Waals surface area contributed by atoms with Gasteiger partial charge in [-0.25, -0.2) is 13.8 Å². The van der Waals surface area contributed by atoms with Crippen molar-refractivity contribution in [3.8, 4) is 17.3 Å². The average Bonchev–Trinajstić information content (AvgIpc) is 3.22. The highest BCUT2D eigenvalue weighted by atomic mass is 35.5. The smallest absolute Gasteiger partial charge is 0.229 e. The highest BCUT2D eigenvalue weighted by Gasteiger charge is 2.28. The number of halogens is 4. The SMILES string of the molecule is Cc1[nH]nc2nc(-c3ccc(NSc4cc(Cl)ccc4F)c(Cl)c3)nc(OC3CCNC[C@@H]3F)c12. The second kappa shape index (κ2) is 10.1. The topological polar surface area (TPSA) is 87.8 Å². The maximum Gasteiger partial charge on any atom is 0.229 e. The van der Waals surface area contributed by atoms with Crippen LogP contribution in [0.4, 0.5) is 14.5 Å². The van der Waals surface area contributed by atoms with Gasteiger partial charge in [-0.15, -0.1) is 0 Å². The van der Waals surface area contributed by atoms with E-state index in [0.29, 0.717) is 56.0 Å². The molecule has 5 rings (SSSR count). The molecule has 2 aromatic carbocycles. The molecule has 0 radical (unpaired) electrons. The number of piperidine rings is 1. The van der Waals surface area contributed by atoms with Gasteiger partial charge in [-0.3, -0.25) is 5.10 Å². The Morgan fingerprint density at radius 3 is 2.83 bits per heavy atom. The fraction of sp³-hybridized carbons (Fsp3) is 0.261. The van der Waals surface area contributed by atoms with Gasteiger partial charge in [0.1, 0.15) is 23.5 Å². The van der Waals surface area contributed by atoms with E-state index in [-0.39, 0.29) is 12.4 Å². The molecule has 4 aromatic rings. The Labute approximate surface area is 214 Å². The molecular formula is C23H20Cl2F2N6OS. The lowest BCUT2D eigenvalue weighted by Crippen LogP contribution is -2.44. The number of hydrogen-bond donors (Lipinski definition) is 3. The van der Waals surface area contributed by atoms with Gasteiger partial charge in [-0.1, -0.05) is 23.2 Å². The predicted octanol–water partition coefficient (Wildman–Crippen LogP) is 5.97. The summed E-state index contributed by atoms with van der Waals surface area (Å²) in [6, 6.07) is 9.51. The van der Waals surface area contributed by atoms with Gasteiger partial charge in [0.25, 0.3) is 0 Å². The molecule has 1 unspecified atom stereocenters. The van der Waals surface area contributed by atoms with Crippen molar-refractivity contribution in [1.82, 2.24) is 25.5 Å². The normalized spacial score (nSPS) is 18.1. The Morgan fingerprint density at radius 1 is 1.17 bits per heavy atom. The van der Waals surface area contributed by atoms with Crippen LogP contribution in [0.15, 0.2) is 41.3 Å². The highest BCUT2D eigenvalue weighted by molar-refractivity contribution is 8.00. The Hall–Kier alpha value is -2.66. The van der Waals surface area contributed by atoms with E-state index in [9.17, 15) is 8.78 Å². The number of alkyl halides is 1. The van der Waals surface area contributed by atoms with Crippen molar-refractivity contribution in [2.75, 3.05) is 17.8 Å². The molecule has 7 nitrogen and oxygen atoms in total. The van der Waals surface area contributed by atoms with E-state index in [0.717, 1.165) is 17.6 Å². The lowest BCUT2D eigenvalue weighted by atomic mass is 10.1. The molecule has 1 aliphatic heterocycles. The van der Waals surface area contributed by atoms with Crippen LogP contribution < -0.4 is 14.8 Å². The second-order valence-corrected chi connectivity index (χ2v) is 9.73. The number of H-pyrrole nitrogens is 1. The fourth-order valence-corrected chi connectivity index (χ4v) is 4.99. The van der Waals surface area contributed by atoms with Gasteiger partial charge in [0.15, 0.2) is 11.5 Å². The van der Waals surface area contributed by atoms with Crippen molar-refractivity contribution in [1.29, 1.82) is 0 Å². The van der Waals surface area contributed by atoms with Gasteiger partial charge in [-0.2, -0.15) is 10.1 Å². The van der Waals surface area contributed by atoms with E-state index in [2.05, 4.69) is 30.2 Å². The zero-order valence-electron chi connectivity index (χ0n) is 18.4. The molecule has 3 N–H and O–H groups in total. The first-order valence-corrected chi connectivity index (χ1v) is 12.4. The van der Waals surface area contributed by atoms with Gasteiger partial charge in [0.05, 0.1) is 15.6 Å². The van der Waals surface area contributed by atoms with Gasteiger partial charge in [0, 0.05) is 22.8 Å². The van der Waals surface area contributed by atoms with Crippen LogP contribution in [0.5, 0.6) is 5.88 Å². The van der Waals surface area contributed by atoms with Crippen molar-refractivity contribution in [2.24, 2.45) is 0 Å². The predicted molar refractivity (Wildman–Crippen MR) is 135 cm³/mol. The van der Waals surface area contributed by atoms with Gasteiger partial charge < -0.3 is 14.8 Å². The summed E-state index contributed by atoms with van der Waals surface area (Å²) in [5, 5.41) is 11.6. The Kier molecular flexibility index (Phi) is 6.97. The second-order valence-electron chi connectivity index (χ2n) is 8.04. The molecule has 0 bridgehead atoms. The molecule has 0 aliphatic carbocycles. The minimum Gasteiger partial charge on any atom is -0.471 e. The van der Waals surface area contributed by atoms with Crippen LogP contribution in [-0.4, -0.2) is 45.5 Å². The summed E-state index contributed by atoms with van der Waals surface area (Å²) in [7, 11) is 0. The number of ether oxygens (including phenoxy) is 1. The standard InChI is InChI=1S/C23H20Cl2F2N6OS/c1-11-20-22(32-31-11)29-21(30-23(20)34-18-6-7-28-10-16(18)27)12-2-5-17(14(25)8-12)33-35-19-9-13(24)3-4-15(19)26/h2-5,8-9,16,18,28,33H,6-7,10H2,1H3,(H,29,30,31,32)/t16-,18?/m0/s1. The van der Waals surface area contributed by atoms with Crippen LogP contribution in [-0.2, 0) is 0 Å². The first kappa shape index (κ1) is 24.1. The van der Waals surface area contributed by atoms with E-state index in [1.807, 2.05) is 6.92 Å². The van der Waals surface area contributed by atoms with Crippen LogP contribution in [0, 0.1) is 12.7 Å². The number of aryl methyl sites for hydroxylation is 1. The quantitative estimate of drug-likeness (QED) is 0.261. The van der Waals surface area contributed by atoms with Crippen LogP contribution in [0.3, 0.4) is 0 Å². The largest absolute Gasteiger partial charge is 0.471 e. The molecule has 1 saturated heterocycles. The van der Waals surface area contributed by atoms with E-state index in [4.69, 9.17) is 27.9 Å². The molecule has 1 fully saturated rings. The summed E-state index contributed by atoms with van der Waals surface area (Å²) < 4.78 is 37.5. The van der Waals surface area contributed by atoms with Crippen LogP contribution in [0.2, 0.25) is 10.0 Å². The van der Waals surface area contributed by atoms with E-state index >= 15 is 0 Å². The number of anilines is 1. The number of nitrogens with one attached hydrogen (secondary N) is 3. The number of aromatic nitrogens is 4. The molecule has 12 heteroatoms. The molecule has 0 spiro atoms. The maximum absolute atomic E-state index is 14.4. The number of rotatable bonds is 6. The van der Waals surface area contributed by atoms with Crippen LogP contribution in [0.25, 0.3) is 22.4 Å². The van der Waals surface area contributed by atoms with Crippen molar-refractivity contribution in [3.05, 3.63) is 58.0 Å². The summed E-state index contributed by atoms with van der Waals surface area (Å²) in [6.07, 6.45) is -1.24. The third kappa shape index (κ3) is 5.16. The number of fused-ring (bicyclic) bond motifs is 1. The average molecular weight is 537 g/mol. The summed E-state index contributed by atoms with van der Waals surface area (Å²) >= 11 is 13.5. The molecule has 35 heavy (non-hydrogen) atoms. The molecule has 0 amide bonds. The number of aromatic amines is 1. The Bertz CT molecular complexity index is 1390. The lowest BCUT2D eigenvalue weighted by Gasteiger charge is -2.27. The minimum absolute atomic E-state index is 0.233. The summed E-state index contributed by atoms with van der Waals surface area (Å²) in [5.41, 5.74) is 2.34. The third-order valence-electron chi connectivity index (χ3n) is 5.56. The van der Waals surface area contributed by atoms with E-state index < -0.39 is 18.1 Å². The number of benzene rings is 2. The minimum atomic E-state index is -1.15. The molecule has 2 atom stereocenters. The van der Waals surface area contributed by atoms with E-state index in [1.165, 1.54) is 18.2 Å². The van der Waals surface area contributed by atoms with Crippen molar-refractivity contribution in [3.63, 3.8) is 0 Å². The van der Waals surface area contributed by atoms with Gasteiger partial charge >= 0.3 is 0 Å². The number of hydrogen-bond acceptors (Lipinski definition) is 7. The highest BCUT2D eigenvalue weighted by Crippen LogP contribution is 2.34. The van der Waals surface area contributed by atoms with Crippen molar-refractivity contribution < 1.29 is 13.5 Å². The summed E-state index contributed by atoms with van der Waals surface area (Å²) in [4.78, 5) is 9.47. The Morgan fingerprint density at radius 2 is 2.03 bits per heavy atom. The number of nitrogens with zero attached hydrogens (tertiary/aromatic N) is 3. The van der Waals surface area contributed by atoms with Crippen LogP contribution >= 0.6 is 35.1 Å². The zero-order valence-corrected chi connectivity index (χ0v) is 20.7. The first-order chi connectivity index (χ1) is 16.9. The maximum atomic E-state index is 14.4. The monoisotopic (exact) mass is 536 g/mol. The molecule has 182 valence electrons. The van der Waals surface area contributed by atoms with Gasteiger partial charge in [-0.05, 0) is 68.2 Å². The summed E-state index contributed by atoms with van der Waals surface area (Å²) in [6.45, 7) is 2.73. The molecular weight excluding hydrogens is 517 g/mol. The zero-order chi connectivity index (χ0) is 24.5. The van der Waals surface area contributed by atoms with E-state index in [1.54, 1.807) is 18.2 Å². The lowest BCUT2D eigenvalue weighted by molar-refractivity contribution is 0.0707. The van der Waals surface area contributed by atoms with Crippen LogP contribution in [0.1, 0.15) is 12.1 Å². The van der Waals surface area contributed by atoms with Gasteiger partial charge in [0.2, 0.25) is 5.88 Å². The molecule has 0 saturated carbocycles. The Balaban J connectivity index is 1.42. The summed E-state index contributed by atoms with van der Waals surface area (Å²) in [5.74, 6) is 0.217. The third-order valence-corrected chi connectivity index (χ3v) is 6.97. The molecule has 3 heterocycles.